The number of anilines is 1. The van der Waals surface area contributed by atoms with Gasteiger partial charge in [-0.05, 0) is 34.4 Å². The van der Waals surface area contributed by atoms with E-state index in [1.165, 1.54) is 0 Å². The number of benzene rings is 4. The van der Waals surface area contributed by atoms with Crippen LogP contribution in [-0.4, -0.2) is 5.91 Å². The minimum absolute atomic E-state index is 0.167. The number of para-hydroxylation sites is 2. The molecule has 4 aromatic carbocycles. The third kappa shape index (κ3) is 7.07. The van der Waals surface area contributed by atoms with Crippen molar-refractivity contribution < 1.29 is 23.1 Å². The summed E-state index contributed by atoms with van der Waals surface area (Å²) in [6, 6.07) is 52.9. The normalized spacial score (nSPS) is 10.8. The van der Waals surface area contributed by atoms with Gasteiger partial charge in [-0.3, -0.25) is 4.79 Å². The van der Waals surface area contributed by atoms with Crippen LogP contribution in [0.5, 0.6) is 0 Å². The van der Waals surface area contributed by atoms with Gasteiger partial charge in [-0.1, -0.05) is 48.5 Å². The maximum atomic E-state index is 13.4. The quantitative estimate of drug-likeness (QED) is 0.170. The molecule has 242 valence electrons. The first-order chi connectivity index (χ1) is 25.2. The van der Waals surface area contributed by atoms with Gasteiger partial charge in [0.1, 0.15) is 0 Å². The highest BCUT2D eigenvalue weighted by molar-refractivity contribution is 6.04. The predicted molar refractivity (Wildman–Crippen MR) is 198 cm³/mol. The van der Waals surface area contributed by atoms with Gasteiger partial charge in [0.15, 0.2) is 49.6 Å². The molecule has 4 aromatic heterocycles. The van der Waals surface area contributed by atoms with Crippen LogP contribution in [0.2, 0.25) is 0 Å². The van der Waals surface area contributed by atoms with Crippen LogP contribution in [0.15, 0.2) is 207 Å². The summed E-state index contributed by atoms with van der Waals surface area (Å²) in [6.07, 6.45) is 16.4. The summed E-state index contributed by atoms with van der Waals surface area (Å²) in [5, 5.41) is 3.08. The molecule has 0 bridgehead atoms. The molecular weight excluding hydrogens is 627 g/mol. The smallest absolute Gasteiger partial charge is 0.255 e. The van der Waals surface area contributed by atoms with Gasteiger partial charge in [-0.15, -0.1) is 0 Å². The fourth-order valence-electron chi connectivity index (χ4n) is 6.12. The number of rotatable bonds is 8. The average molecular weight is 662 g/mol. The largest absolute Gasteiger partial charge is 0.322 e. The van der Waals surface area contributed by atoms with E-state index in [1.54, 1.807) is 0 Å². The summed E-state index contributed by atoms with van der Waals surface area (Å²) in [5.41, 5.74) is 9.92. The van der Waals surface area contributed by atoms with E-state index in [-0.39, 0.29) is 5.91 Å². The van der Waals surface area contributed by atoms with Crippen LogP contribution in [-0.2, 0) is 0 Å². The highest BCUT2D eigenvalue weighted by Crippen LogP contribution is 2.19. The fraction of sp³-hybridized carbons (Fsp3) is 0. The first-order valence-electron chi connectivity index (χ1n) is 16.9. The van der Waals surface area contributed by atoms with Crippen molar-refractivity contribution in [1.29, 1.82) is 0 Å². The number of carbonyl (C=O) groups excluding carboxylic acids is 1. The Hall–Kier alpha value is -7.05. The number of amides is 1. The van der Waals surface area contributed by atoms with Crippen molar-refractivity contribution in [1.82, 2.24) is 0 Å². The number of carbonyl (C=O) groups is 1. The van der Waals surface area contributed by atoms with Crippen molar-refractivity contribution >= 4 is 11.6 Å². The molecule has 0 saturated heterocycles. The zero-order valence-corrected chi connectivity index (χ0v) is 27.8. The molecule has 0 unspecified atom stereocenters. The van der Waals surface area contributed by atoms with Crippen molar-refractivity contribution in [3.63, 3.8) is 0 Å². The SMILES string of the molecule is O=C(Nc1cccc(-[n+]2ccc(-c3cc[n+](-c4ccccc4)cc3)cc2)c1)c1cccc(-[n+]2ccc(-c3cc[n+](-c4ccccc4)cc3)cc2)c1. The number of hydrogen-bond donors (Lipinski definition) is 1. The molecule has 0 aliphatic carbocycles. The first-order valence-corrected chi connectivity index (χ1v) is 16.9. The van der Waals surface area contributed by atoms with Crippen LogP contribution in [0.3, 0.4) is 0 Å². The molecule has 0 aliphatic rings. The molecule has 0 fully saturated rings. The van der Waals surface area contributed by atoms with Gasteiger partial charge in [-0.2, -0.15) is 18.3 Å². The van der Waals surface area contributed by atoms with Crippen molar-refractivity contribution in [2.75, 3.05) is 5.32 Å². The highest BCUT2D eigenvalue weighted by Gasteiger charge is 2.15. The summed E-state index contributed by atoms with van der Waals surface area (Å²) >= 11 is 0. The lowest BCUT2D eigenvalue weighted by Crippen LogP contribution is -2.30. The van der Waals surface area contributed by atoms with E-state index < -0.39 is 0 Å². The van der Waals surface area contributed by atoms with Gasteiger partial charge in [0.25, 0.3) is 5.91 Å². The van der Waals surface area contributed by atoms with E-state index in [2.05, 4.69) is 112 Å². The Morgan fingerprint density at radius 3 is 1.14 bits per heavy atom. The third-order valence-electron chi connectivity index (χ3n) is 8.90. The number of nitrogens with zero attached hydrogens (tertiary/aromatic N) is 4. The lowest BCUT2D eigenvalue weighted by Gasteiger charge is -2.07. The number of pyridine rings is 4. The summed E-state index contributed by atoms with van der Waals surface area (Å²) < 4.78 is 8.27. The number of nitrogens with one attached hydrogen (secondary N) is 1. The van der Waals surface area contributed by atoms with Crippen molar-refractivity contribution in [2.45, 2.75) is 0 Å². The molecule has 51 heavy (non-hydrogen) atoms. The molecule has 8 aromatic rings. The average Bonchev–Trinajstić information content (AvgIpc) is 3.22. The van der Waals surface area contributed by atoms with Crippen molar-refractivity contribution in [3.8, 4) is 45.0 Å². The highest BCUT2D eigenvalue weighted by atomic mass is 16.1. The molecule has 1 N–H and O–H groups in total. The van der Waals surface area contributed by atoms with Gasteiger partial charge in [0, 0.05) is 108 Å². The van der Waals surface area contributed by atoms with Crippen molar-refractivity contribution in [2.24, 2.45) is 0 Å². The van der Waals surface area contributed by atoms with Crippen LogP contribution in [0.25, 0.3) is 45.0 Å². The van der Waals surface area contributed by atoms with Gasteiger partial charge in [0.05, 0.1) is 0 Å². The Morgan fingerprint density at radius 2 is 0.706 bits per heavy atom. The lowest BCUT2D eigenvalue weighted by atomic mass is 10.1. The summed E-state index contributed by atoms with van der Waals surface area (Å²) in [7, 11) is 0. The minimum atomic E-state index is -0.167. The molecule has 8 rings (SSSR count). The van der Waals surface area contributed by atoms with Crippen LogP contribution in [0.1, 0.15) is 10.4 Å². The second-order valence-electron chi connectivity index (χ2n) is 12.2. The Morgan fingerprint density at radius 1 is 0.353 bits per heavy atom. The van der Waals surface area contributed by atoms with Crippen LogP contribution >= 0.6 is 0 Å². The molecule has 4 heterocycles. The standard InChI is InChI=1S/C45H34N5O/c51-45(39-9-7-15-43(33-39)49-29-21-37(22-30-49)35-17-25-47(26-18-35)41-11-3-1-4-12-41)46-40-10-8-16-44(34-40)50-31-23-38(24-32-50)36-19-27-48(28-20-36)42-13-5-2-6-14-42/h1-34H/q+3/p+1. The zero-order valence-electron chi connectivity index (χ0n) is 27.8. The predicted octanol–water partition coefficient (Wildman–Crippen LogP) is 7.38. The molecule has 0 radical (unpaired) electrons. The topological polar surface area (TPSA) is 44.6 Å². The number of hydrogen-bond acceptors (Lipinski definition) is 1. The van der Waals surface area contributed by atoms with E-state index in [4.69, 9.17) is 0 Å². The van der Waals surface area contributed by atoms with Gasteiger partial charge in [-0.25, -0.2) is 0 Å². The fourth-order valence-corrected chi connectivity index (χ4v) is 6.12. The summed E-state index contributed by atoms with van der Waals surface area (Å²) in [6.45, 7) is 0. The third-order valence-corrected chi connectivity index (χ3v) is 8.90. The zero-order chi connectivity index (χ0) is 34.4. The Balaban J connectivity index is 0.930. The van der Waals surface area contributed by atoms with Crippen LogP contribution in [0.4, 0.5) is 5.69 Å². The summed E-state index contributed by atoms with van der Waals surface area (Å²) in [5.74, 6) is -0.167. The van der Waals surface area contributed by atoms with Gasteiger partial charge >= 0.3 is 0 Å². The summed E-state index contributed by atoms with van der Waals surface area (Å²) in [4.78, 5) is 13.4. The maximum Gasteiger partial charge on any atom is 0.255 e. The van der Waals surface area contributed by atoms with Gasteiger partial charge < -0.3 is 5.32 Å². The van der Waals surface area contributed by atoms with Crippen LogP contribution in [0, 0.1) is 0 Å². The molecular formula is C45H35N5O+4. The monoisotopic (exact) mass is 661 g/mol. The maximum absolute atomic E-state index is 13.4. The van der Waals surface area contributed by atoms with Crippen LogP contribution < -0.4 is 23.6 Å². The molecule has 0 atom stereocenters. The van der Waals surface area contributed by atoms with E-state index in [0.717, 1.165) is 50.7 Å². The minimum Gasteiger partial charge on any atom is -0.322 e. The molecule has 0 aliphatic heterocycles. The molecule has 0 spiro atoms. The molecule has 6 heteroatoms. The van der Waals surface area contributed by atoms with E-state index in [0.29, 0.717) is 5.56 Å². The van der Waals surface area contributed by atoms with Gasteiger partial charge in [0.2, 0.25) is 22.7 Å². The van der Waals surface area contributed by atoms with E-state index >= 15 is 0 Å². The molecule has 6 nitrogen and oxygen atoms in total. The first kappa shape index (κ1) is 31.2. The molecule has 0 saturated carbocycles. The number of aromatic nitrogens is 4. The van der Waals surface area contributed by atoms with E-state index in [9.17, 15) is 4.79 Å². The Labute approximate surface area is 297 Å². The second kappa shape index (κ2) is 14.2. The Kier molecular flexibility index (Phi) is 8.70. The van der Waals surface area contributed by atoms with Crippen molar-refractivity contribution in [3.05, 3.63) is 213 Å². The lowest BCUT2D eigenvalue weighted by molar-refractivity contribution is -0.596. The molecule has 1 amide bonds. The Bertz CT molecular complexity index is 2410. The second-order valence-corrected chi connectivity index (χ2v) is 12.2. The van der Waals surface area contributed by atoms with E-state index in [1.807, 2.05) is 119 Å².